The first-order valence-corrected chi connectivity index (χ1v) is 12.5. The summed E-state index contributed by atoms with van der Waals surface area (Å²) in [6.07, 6.45) is 1.41. The van der Waals surface area contributed by atoms with Crippen molar-refractivity contribution in [3.05, 3.63) is 93.0 Å². The van der Waals surface area contributed by atoms with Gasteiger partial charge in [0.1, 0.15) is 25.0 Å². The minimum absolute atomic E-state index is 0.0568. The van der Waals surface area contributed by atoms with Gasteiger partial charge in [-0.1, -0.05) is 29.3 Å². The summed E-state index contributed by atoms with van der Waals surface area (Å²) in [4.78, 5) is 37.9. The van der Waals surface area contributed by atoms with Gasteiger partial charge < -0.3 is 34.0 Å². The zero-order valence-electron chi connectivity index (χ0n) is 20.9. The lowest BCUT2D eigenvalue weighted by molar-refractivity contribution is -0.139. The Hall–Kier alpha value is -4.15. The summed E-state index contributed by atoms with van der Waals surface area (Å²) in [6.45, 7) is 1.49. The number of halogens is 2. The molecule has 1 aliphatic rings. The maximum absolute atomic E-state index is 12.9. The molecule has 0 radical (unpaired) electrons. The number of ether oxygens (including phenoxy) is 4. The lowest BCUT2D eigenvalue weighted by Crippen LogP contribution is -2.47. The van der Waals surface area contributed by atoms with E-state index in [0.29, 0.717) is 27.1 Å². The third-order valence-corrected chi connectivity index (χ3v) is 6.21. The highest BCUT2D eigenvalue weighted by Crippen LogP contribution is 2.31. The first-order valence-electron chi connectivity index (χ1n) is 11.7. The summed E-state index contributed by atoms with van der Waals surface area (Å²) in [5, 5.41) is 6.11. The van der Waals surface area contributed by atoms with Gasteiger partial charge in [-0.2, -0.15) is 0 Å². The normalized spacial score (nSPS) is 14.8. The summed E-state index contributed by atoms with van der Waals surface area (Å²) < 4.78 is 27.2. The van der Waals surface area contributed by atoms with E-state index in [2.05, 4.69) is 10.6 Å². The molecular weight excluding hydrogens is 551 g/mol. The Bertz CT molecular complexity index is 1400. The van der Waals surface area contributed by atoms with E-state index in [4.69, 9.17) is 46.6 Å². The van der Waals surface area contributed by atoms with Crippen molar-refractivity contribution in [2.45, 2.75) is 19.6 Å². The van der Waals surface area contributed by atoms with Crippen molar-refractivity contribution in [2.24, 2.45) is 0 Å². The van der Waals surface area contributed by atoms with E-state index in [1.165, 1.54) is 25.5 Å². The maximum Gasteiger partial charge on any atom is 0.338 e. The molecule has 1 atom stereocenters. The van der Waals surface area contributed by atoms with Crippen LogP contribution in [0, 0.1) is 0 Å². The molecule has 0 saturated heterocycles. The Morgan fingerprint density at radius 1 is 1.00 bits per heavy atom. The van der Waals surface area contributed by atoms with Gasteiger partial charge in [0.15, 0.2) is 11.5 Å². The van der Waals surface area contributed by atoms with Gasteiger partial charge in [0.25, 0.3) is 0 Å². The molecular formula is C27H24Cl2N2O8. The van der Waals surface area contributed by atoms with E-state index in [9.17, 15) is 14.4 Å². The van der Waals surface area contributed by atoms with Crippen LogP contribution < -0.4 is 20.1 Å². The van der Waals surface area contributed by atoms with Crippen LogP contribution in [0.2, 0.25) is 10.0 Å². The Kier molecular flexibility index (Phi) is 9.00. The highest BCUT2D eigenvalue weighted by atomic mass is 35.5. The van der Waals surface area contributed by atoms with E-state index >= 15 is 0 Å². The number of esters is 2. The third-order valence-electron chi connectivity index (χ3n) is 5.62. The smallest absolute Gasteiger partial charge is 0.338 e. The van der Waals surface area contributed by atoms with Crippen LogP contribution >= 0.6 is 23.2 Å². The predicted molar refractivity (Wildman–Crippen MR) is 141 cm³/mol. The van der Waals surface area contributed by atoms with Gasteiger partial charge in [-0.15, -0.1) is 0 Å². The Morgan fingerprint density at radius 3 is 2.51 bits per heavy atom. The Morgan fingerprint density at radius 2 is 1.82 bits per heavy atom. The van der Waals surface area contributed by atoms with Crippen LogP contribution in [0.3, 0.4) is 0 Å². The second kappa shape index (κ2) is 12.6. The topological polar surface area (TPSA) is 125 Å². The predicted octanol–water partition coefficient (Wildman–Crippen LogP) is 5.20. The SMILES string of the molecule is CCOC(=O)C1=C(COC(=O)c2ccc(OCc3ccc(Cl)cc3Cl)c(OC)c2)NC(=O)NC1c1ccco1. The summed E-state index contributed by atoms with van der Waals surface area (Å²) in [5.41, 5.74) is 0.999. The van der Waals surface area contributed by atoms with E-state index in [-0.39, 0.29) is 35.8 Å². The number of hydrogen-bond acceptors (Lipinski definition) is 8. The summed E-state index contributed by atoms with van der Waals surface area (Å²) in [7, 11) is 1.43. The average Bonchev–Trinajstić information content (AvgIpc) is 3.46. The fourth-order valence-electron chi connectivity index (χ4n) is 3.78. The standard InChI is InChI=1S/C27H24Cl2N2O8/c1-3-36-26(33)23-19(30-27(34)31-24(23)21-5-4-10-37-21)14-39-25(32)15-7-9-20(22(11-15)35-2)38-13-16-6-8-17(28)12-18(16)29/h4-12,24H,3,13-14H2,1-2H3,(H2,30,31,34). The van der Waals surface area contributed by atoms with E-state index < -0.39 is 30.6 Å². The van der Waals surface area contributed by atoms with Gasteiger partial charge in [-0.3, -0.25) is 0 Å². The quantitative estimate of drug-likeness (QED) is 0.316. The molecule has 0 bridgehead atoms. The fourth-order valence-corrected chi connectivity index (χ4v) is 4.24. The lowest BCUT2D eigenvalue weighted by Gasteiger charge is -2.27. The van der Waals surface area contributed by atoms with E-state index in [1.807, 2.05) is 0 Å². The third kappa shape index (κ3) is 6.65. The molecule has 1 aliphatic heterocycles. The molecule has 0 saturated carbocycles. The first kappa shape index (κ1) is 27.9. The van der Waals surface area contributed by atoms with E-state index in [1.54, 1.807) is 43.3 Å². The Balaban J connectivity index is 1.50. The van der Waals surface area contributed by atoms with Crippen molar-refractivity contribution in [2.75, 3.05) is 20.3 Å². The maximum atomic E-state index is 12.9. The number of carbonyl (C=O) groups is 3. The minimum atomic E-state index is -0.924. The number of urea groups is 1. The van der Waals surface area contributed by atoms with Crippen LogP contribution in [0.25, 0.3) is 0 Å². The molecule has 10 nitrogen and oxygen atoms in total. The van der Waals surface area contributed by atoms with Crippen molar-refractivity contribution >= 4 is 41.2 Å². The summed E-state index contributed by atoms with van der Waals surface area (Å²) >= 11 is 12.1. The monoisotopic (exact) mass is 574 g/mol. The van der Waals surface area contributed by atoms with Crippen LogP contribution in [0.4, 0.5) is 4.79 Å². The lowest BCUT2D eigenvalue weighted by atomic mass is 10.0. The van der Waals surface area contributed by atoms with Crippen molar-refractivity contribution in [3.8, 4) is 11.5 Å². The molecule has 2 amide bonds. The number of amides is 2. The molecule has 1 unspecified atom stereocenters. The van der Waals surface area contributed by atoms with Gasteiger partial charge >= 0.3 is 18.0 Å². The second-order valence-electron chi connectivity index (χ2n) is 8.13. The van der Waals surface area contributed by atoms with Crippen molar-refractivity contribution in [1.29, 1.82) is 0 Å². The van der Waals surface area contributed by atoms with Crippen LogP contribution in [-0.2, 0) is 20.9 Å². The van der Waals surface area contributed by atoms with Crippen LogP contribution in [0.5, 0.6) is 11.5 Å². The molecule has 39 heavy (non-hydrogen) atoms. The Labute approximate surface area is 233 Å². The largest absolute Gasteiger partial charge is 0.493 e. The molecule has 2 N–H and O–H groups in total. The number of furan rings is 1. The fraction of sp³-hybridized carbons (Fsp3) is 0.222. The number of carbonyl (C=O) groups excluding carboxylic acids is 3. The molecule has 0 fully saturated rings. The average molecular weight is 575 g/mol. The zero-order chi connectivity index (χ0) is 27.9. The molecule has 1 aromatic heterocycles. The molecule has 3 aromatic rings. The molecule has 4 rings (SSSR count). The van der Waals surface area contributed by atoms with E-state index in [0.717, 1.165) is 0 Å². The van der Waals surface area contributed by atoms with Gasteiger partial charge in [0.2, 0.25) is 0 Å². The van der Waals surface area contributed by atoms with Gasteiger partial charge in [-0.25, -0.2) is 14.4 Å². The second-order valence-corrected chi connectivity index (χ2v) is 8.97. The van der Waals surface area contributed by atoms with Gasteiger partial charge in [0.05, 0.1) is 36.8 Å². The summed E-state index contributed by atoms with van der Waals surface area (Å²) in [6, 6.07) is 11.3. The van der Waals surface area contributed by atoms with Gasteiger partial charge in [-0.05, 0) is 49.4 Å². The molecule has 2 aromatic carbocycles. The van der Waals surface area contributed by atoms with Crippen LogP contribution in [0.15, 0.2) is 70.5 Å². The molecule has 2 heterocycles. The highest BCUT2D eigenvalue weighted by molar-refractivity contribution is 6.35. The van der Waals surface area contributed by atoms with Crippen molar-refractivity contribution in [3.63, 3.8) is 0 Å². The molecule has 12 heteroatoms. The molecule has 204 valence electrons. The van der Waals surface area contributed by atoms with Crippen molar-refractivity contribution in [1.82, 2.24) is 10.6 Å². The minimum Gasteiger partial charge on any atom is -0.493 e. The van der Waals surface area contributed by atoms with Crippen LogP contribution in [0.1, 0.15) is 34.6 Å². The number of nitrogens with one attached hydrogen (secondary N) is 2. The van der Waals surface area contributed by atoms with Gasteiger partial charge in [0, 0.05) is 15.6 Å². The number of rotatable bonds is 10. The number of methoxy groups -OCH3 is 1. The first-order chi connectivity index (χ1) is 18.8. The molecule has 0 spiro atoms. The number of hydrogen-bond donors (Lipinski definition) is 2. The zero-order valence-corrected chi connectivity index (χ0v) is 22.4. The summed E-state index contributed by atoms with van der Waals surface area (Å²) in [5.74, 6) is -0.440. The van der Waals surface area contributed by atoms with Crippen molar-refractivity contribution < 1.29 is 37.7 Å². The highest BCUT2D eigenvalue weighted by Gasteiger charge is 2.35. The van der Waals surface area contributed by atoms with Crippen LogP contribution in [-0.4, -0.2) is 38.3 Å². The number of benzene rings is 2. The molecule has 0 aliphatic carbocycles.